The highest BCUT2D eigenvalue weighted by Gasteiger charge is 2.44. The molecule has 17 heavy (non-hydrogen) atoms. The zero-order chi connectivity index (χ0) is 12.5. The number of carbonyl (C=O) groups excluding carboxylic acids is 1. The lowest BCUT2D eigenvalue weighted by atomic mass is 10.2. The molecular formula is C10H12ClN3O2S. The van der Waals surface area contributed by atoms with E-state index in [4.69, 9.17) is 16.7 Å². The highest BCUT2D eigenvalue weighted by atomic mass is 35.5. The Morgan fingerprint density at radius 3 is 2.94 bits per heavy atom. The van der Waals surface area contributed by atoms with E-state index in [1.54, 1.807) is 0 Å². The molecule has 1 amide bonds. The number of rotatable bonds is 4. The smallest absolute Gasteiger partial charge is 0.272 e. The van der Waals surface area contributed by atoms with Gasteiger partial charge in [-0.05, 0) is 19.1 Å². The van der Waals surface area contributed by atoms with Crippen LogP contribution in [0, 0.1) is 0 Å². The van der Waals surface area contributed by atoms with E-state index in [1.807, 2.05) is 6.26 Å². The van der Waals surface area contributed by atoms with E-state index in [9.17, 15) is 4.79 Å². The molecule has 2 N–H and O–H groups in total. The van der Waals surface area contributed by atoms with Gasteiger partial charge in [-0.25, -0.2) is 9.97 Å². The Kier molecular flexibility index (Phi) is 3.56. The van der Waals surface area contributed by atoms with Crippen LogP contribution in [-0.2, 0) is 0 Å². The molecule has 1 aromatic heterocycles. The molecule has 2 rings (SSSR count). The Bertz CT molecular complexity index is 451. The molecule has 0 unspecified atom stereocenters. The zero-order valence-electron chi connectivity index (χ0n) is 9.23. The third kappa shape index (κ3) is 2.70. The SMILES string of the molecule is CSc1ncc(Cl)c(C(=O)NC2(CO)CC2)n1. The second-order valence-corrected chi connectivity index (χ2v) is 5.13. The van der Waals surface area contributed by atoms with Crippen molar-refractivity contribution >= 4 is 29.3 Å². The van der Waals surface area contributed by atoms with E-state index in [1.165, 1.54) is 18.0 Å². The first-order valence-electron chi connectivity index (χ1n) is 5.10. The van der Waals surface area contributed by atoms with Gasteiger partial charge in [-0.3, -0.25) is 4.79 Å². The highest BCUT2D eigenvalue weighted by molar-refractivity contribution is 7.98. The lowest BCUT2D eigenvalue weighted by Gasteiger charge is -2.14. The van der Waals surface area contributed by atoms with Crippen molar-refractivity contribution in [3.05, 3.63) is 16.9 Å². The molecule has 1 fully saturated rings. The Balaban J connectivity index is 2.18. The lowest BCUT2D eigenvalue weighted by molar-refractivity contribution is 0.0901. The fourth-order valence-corrected chi connectivity index (χ4v) is 1.90. The molecule has 1 aromatic rings. The van der Waals surface area contributed by atoms with Crippen LogP contribution in [0.2, 0.25) is 5.02 Å². The summed E-state index contributed by atoms with van der Waals surface area (Å²) in [5.41, 5.74) is -0.309. The Hall–Kier alpha value is -0.850. The molecule has 0 spiro atoms. The van der Waals surface area contributed by atoms with Crippen LogP contribution in [0.3, 0.4) is 0 Å². The summed E-state index contributed by atoms with van der Waals surface area (Å²) in [6, 6.07) is 0. The number of aliphatic hydroxyl groups is 1. The molecule has 5 nitrogen and oxygen atoms in total. The first kappa shape index (κ1) is 12.6. The van der Waals surface area contributed by atoms with E-state index in [0.717, 1.165) is 12.8 Å². The number of aliphatic hydroxyl groups excluding tert-OH is 1. The van der Waals surface area contributed by atoms with Crippen molar-refractivity contribution in [3.63, 3.8) is 0 Å². The maximum Gasteiger partial charge on any atom is 0.272 e. The summed E-state index contributed by atoms with van der Waals surface area (Å²) in [4.78, 5) is 20.0. The summed E-state index contributed by atoms with van der Waals surface area (Å²) in [6.45, 7) is -0.0587. The number of halogens is 1. The summed E-state index contributed by atoms with van der Waals surface area (Å²) < 4.78 is 0. The first-order chi connectivity index (χ1) is 8.10. The zero-order valence-corrected chi connectivity index (χ0v) is 10.8. The van der Waals surface area contributed by atoms with Gasteiger partial charge in [0.1, 0.15) is 0 Å². The van der Waals surface area contributed by atoms with Crippen molar-refractivity contribution < 1.29 is 9.90 Å². The maximum absolute atomic E-state index is 11.9. The van der Waals surface area contributed by atoms with Crippen molar-refractivity contribution in [1.29, 1.82) is 0 Å². The van der Waals surface area contributed by atoms with Gasteiger partial charge in [-0.2, -0.15) is 0 Å². The number of aromatic nitrogens is 2. The van der Waals surface area contributed by atoms with Gasteiger partial charge in [-0.15, -0.1) is 0 Å². The molecule has 0 radical (unpaired) electrons. The van der Waals surface area contributed by atoms with Crippen LogP contribution >= 0.6 is 23.4 Å². The van der Waals surface area contributed by atoms with Crippen molar-refractivity contribution in [2.75, 3.05) is 12.9 Å². The molecular weight excluding hydrogens is 262 g/mol. The van der Waals surface area contributed by atoms with Gasteiger partial charge in [-0.1, -0.05) is 23.4 Å². The summed E-state index contributed by atoms with van der Waals surface area (Å²) in [5, 5.41) is 12.6. The van der Waals surface area contributed by atoms with Crippen molar-refractivity contribution in [3.8, 4) is 0 Å². The monoisotopic (exact) mass is 273 g/mol. The standard InChI is InChI=1S/C10H12ClN3O2S/c1-17-9-12-4-6(11)7(13-9)8(16)14-10(5-15)2-3-10/h4,15H,2-3,5H2,1H3,(H,14,16). The van der Waals surface area contributed by atoms with Crippen LogP contribution in [0.1, 0.15) is 23.3 Å². The van der Waals surface area contributed by atoms with Gasteiger partial charge < -0.3 is 10.4 Å². The number of carbonyl (C=O) groups is 1. The fourth-order valence-electron chi connectivity index (χ4n) is 1.38. The van der Waals surface area contributed by atoms with E-state index >= 15 is 0 Å². The fraction of sp³-hybridized carbons (Fsp3) is 0.500. The minimum atomic E-state index is -0.467. The molecule has 1 aliphatic carbocycles. The largest absolute Gasteiger partial charge is 0.394 e. The lowest BCUT2D eigenvalue weighted by Crippen LogP contribution is -2.40. The van der Waals surface area contributed by atoms with Crippen LogP contribution in [0.5, 0.6) is 0 Å². The molecule has 0 saturated heterocycles. The number of hydrogen-bond donors (Lipinski definition) is 2. The van der Waals surface area contributed by atoms with Gasteiger partial charge in [0.05, 0.1) is 23.4 Å². The summed E-state index contributed by atoms with van der Waals surface area (Å²) >= 11 is 7.22. The van der Waals surface area contributed by atoms with Crippen LogP contribution in [0.15, 0.2) is 11.4 Å². The second kappa shape index (κ2) is 4.80. The van der Waals surface area contributed by atoms with E-state index in [-0.39, 0.29) is 23.2 Å². The van der Waals surface area contributed by atoms with Gasteiger partial charge in [0.2, 0.25) is 0 Å². The third-order valence-electron chi connectivity index (χ3n) is 2.65. The molecule has 0 aliphatic heterocycles. The summed E-state index contributed by atoms with van der Waals surface area (Å²) in [7, 11) is 0. The van der Waals surface area contributed by atoms with Gasteiger partial charge in [0.15, 0.2) is 10.9 Å². The Morgan fingerprint density at radius 1 is 1.71 bits per heavy atom. The quantitative estimate of drug-likeness (QED) is 0.635. The van der Waals surface area contributed by atoms with E-state index in [0.29, 0.717) is 5.16 Å². The maximum atomic E-state index is 11.9. The van der Waals surface area contributed by atoms with Crippen LogP contribution in [0.4, 0.5) is 0 Å². The predicted molar refractivity (Wildman–Crippen MR) is 65.3 cm³/mol. The van der Waals surface area contributed by atoms with Crippen molar-refractivity contribution in [2.45, 2.75) is 23.5 Å². The topological polar surface area (TPSA) is 75.1 Å². The van der Waals surface area contributed by atoms with Crippen LogP contribution in [-0.4, -0.2) is 39.4 Å². The molecule has 1 heterocycles. The Labute approximate surface area is 108 Å². The number of thioether (sulfide) groups is 1. The number of nitrogens with one attached hydrogen (secondary N) is 1. The first-order valence-corrected chi connectivity index (χ1v) is 6.70. The molecule has 7 heteroatoms. The van der Waals surface area contributed by atoms with Crippen molar-refractivity contribution in [1.82, 2.24) is 15.3 Å². The van der Waals surface area contributed by atoms with Gasteiger partial charge >= 0.3 is 0 Å². The van der Waals surface area contributed by atoms with Crippen molar-refractivity contribution in [2.24, 2.45) is 0 Å². The normalized spacial score (nSPS) is 16.6. The highest BCUT2D eigenvalue weighted by Crippen LogP contribution is 2.35. The number of nitrogens with zero attached hydrogens (tertiary/aromatic N) is 2. The number of amides is 1. The van der Waals surface area contributed by atoms with Crippen LogP contribution < -0.4 is 5.32 Å². The average Bonchev–Trinajstić information content (AvgIpc) is 3.10. The summed E-state index contributed by atoms with van der Waals surface area (Å²) in [6.07, 6.45) is 4.80. The summed E-state index contributed by atoms with van der Waals surface area (Å²) in [5.74, 6) is -0.362. The molecule has 0 aromatic carbocycles. The van der Waals surface area contributed by atoms with Gasteiger partial charge in [0.25, 0.3) is 5.91 Å². The second-order valence-electron chi connectivity index (χ2n) is 3.95. The van der Waals surface area contributed by atoms with Crippen LogP contribution in [0.25, 0.3) is 0 Å². The third-order valence-corrected chi connectivity index (χ3v) is 3.49. The molecule has 1 saturated carbocycles. The minimum absolute atomic E-state index is 0.0587. The Morgan fingerprint density at radius 2 is 2.41 bits per heavy atom. The van der Waals surface area contributed by atoms with E-state index in [2.05, 4.69) is 15.3 Å². The predicted octanol–water partition coefficient (Wildman–Crippen LogP) is 1.11. The number of hydrogen-bond acceptors (Lipinski definition) is 5. The molecule has 0 atom stereocenters. The van der Waals surface area contributed by atoms with E-state index < -0.39 is 5.54 Å². The van der Waals surface area contributed by atoms with Gasteiger partial charge in [0, 0.05) is 0 Å². The minimum Gasteiger partial charge on any atom is -0.394 e. The molecule has 1 aliphatic rings. The molecule has 92 valence electrons. The molecule has 0 bridgehead atoms. The average molecular weight is 274 g/mol.